The second-order valence-corrected chi connectivity index (χ2v) is 10.4. The van der Waals surface area contributed by atoms with Gasteiger partial charge in [0.15, 0.2) is 29.2 Å². The quantitative estimate of drug-likeness (QED) is 0.361. The highest BCUT2D eigenvalue weighted by atomic mass is 19.1. The largest absolute Gasteiger partial charge is 0.493 e. The van der Waals surface area contributed by atoms with Crippen LogP contribution in [0, 0.1) is 5.82 Å². The minimum atomic E-state index is -0.627. The van der Waals surface area contributed by atoms with Gasteiger partial charge < -0.3 is 24.3 Å². The highest BCUT2D eigenvalue weighted by Gasteiger charge is 2.45. The van der Waals surface area contributed by atoms with Crippen molar-refractivity contribution in [1.82, 2.24) is 15.2 Å². The molecule has 9 nitrogen and oxygen atoms in total. The van der Waals surface area contributed by atoms with E-state index in [2.05, 4.69) is 39.7 Å². The van der Waals surface area contributed by atoms with Crippen molar-refractivity contribution < 1.29 is 28.1 Å². The van der Waals surface area contributed by atoms with Crippen LogP contribution in [0.2, 0.25) is 0 Å². The number of aromatic nitrogens is 1. The number of anilines is 1. The number of likely N-dealkylation sites (N-methyl/N-ethyl adjacent to an activating group) is 1. The van der Waals surface area contributed by atoms with Gasteiger partial charge in [-0.3, -0.25) is 20.0 Å². The summed E-state index contributed by atoms with van der Waals surface area (Å²) >= 11 is 0. The Kier molecular flexibility index (Phi) is 7.61. The molecule has 214 valence electrons. The van der Waals surface area contributed by atoms with Gasteiger partial charge in [0.1, 0.15) is 12.0 Å². The third-order valence-corrected chi connectivity index (χ3v) is 7.87. The maximum Gasteiger partial charge on any atom is 0.257 e. The van der Waals surface area contributed by atoms with E-state index in [9.17, 15) is 4.79 Å². The highest BCUT2D eigenvalue weighted by molar-refractivity contribution is 5.96. The van der Waals surface area contributed by atoms with Crippen molar-refractivity contribution in [3.05, 3.63) is 71.7 Å². The van der Waals surface area contributed by atoms with Crippen LogP contribution in [0.15, 0.2) is 65.9 Å². The van der Waals surface area contributed by atoms with Crippen LogP contribution in [0.5, 0.6) is 23.0 Å². The molecule has 2 aromatic carbocycles. The van der Waals surface area contributed by atoms with Gasteiger partial charge in [-0.2, -0.15) is 0 Å². The topological polar surface area (TPSA) is 97.5 Å². The third-order valence-electron chi connectivity index (χ3n) is 7.87. The highest BCUT2D eigenvalue weighted by Crippen LogP contribution is 2.38. The number of nitrogens with zero attached hydrogens (tertiary/aromatic N) is 2. The Labute approximate surface area is 237 Å². The zero-order valence-electron chi connectivity index (χ0n) is 23.3. The van der Waals surface area contributed by atoms with Crippen molar-refractivity contribution in [2.45, 2.75) is 37.6 Å². The number of carbonyl (C=O) groups is 1. The summed E-state index contributed by atoms with van der Waals surface area (Å²) in [6.45, 7) is 1.72. The van der Waals surface area contributed by atoms with Crippen LogP contribution in [-0.2, 0) is 9.53 Å². The number of hydrogen-bond donors (Lipinski definition) is 2. The van der Waals surface area contributed by atoms with E-state index in [4.69, 9.17) is 18.9 Å². The summed E-state index contributed by atoms with van der Waals surface area (Å²) in [4.78, 5) is 19.5. The molecule has 0 bridgehead atoms. The number of epoxide rings is 1. The van der Waals surface area contributed by atoms with Crippen molar-refractivity contribution in [1.29, 1.82) is 0 Å². The van der Waals surface area contributed by atoms with Gasteiger partial charge in [0.25, 0.3) is 5.91 Å². The Hall–Kier alpha value is -3.99. The molecule has 1 aromatic heterocycles. The average molecular weight is 561 g/mol. The van der Waals surface area contributed by atoms with Crippen molar-refractivity contribution in [3.63, 3.8) is 0 Å². The number of ether oxygens (including phenoxy) is 4. The Morgan fingerprint density at radius 2 is 1.93 bits per heavy atom. The minimum absolute atomic E-state index is 0.00957. The van der Waals surface area contributed by atoms with E-state index < -0.39 is 11.9 Å². The van der Waals surface area contributed by atoms with Gasteiger partial charge >= 0.3 is 0 Å². The van der Waals surface area contributed by atoms with Gasteiger partial charge in [-0.25, -0.2) is 4.39 Å². The van der Waals surface area contributed by atoms with Crippen molar-refractivity contribution in [2.24, 2.45) is 0 Å². The van der Waals surface area contributed by atoms with Crippen LogP contribution in [-0.4, -0.2) is 68.5 Å². The molecule has 1 aliphatic carbocycles. The molecular formula is C31H33FN4O5. The standard InChI is InChI=1S/C31H33FN4O5/c1-36-13-11-18-6-4-5-7-20(18)24(36)17-34-31-29(41-31)30(37)35-19-8-9-26(22(32)14-19)40-25-10-12-33-23-16-28(39-3)27(38-2)15-21(23)25/h4,6,8-10,12,14-16,24,29,31,34H,5,7,11,13,17H2,1-3H3,(H,35,37). The number of amides is 1. The van der Waals surface area contributed by atoms with E-state index in [1.165, 1.54) is 30.4 Å². The number of rotatable bonds is 9. The molecule has 3 atom stereocenters. The molecule has 2 aliphatic heterocycles. The van der Waals surface area contributed by atoms with E-state index >= 15 is 4.39 Å². The number of nitrogens with one attached hydrogen (secondary N) is 2. The molecule has 41 heavy (non-hydrogen) atoms. The molecule has 0 radical (unpaired) electrons. The second kappa shape index (κ2) is 11.5. The summed E-state index contributed by atoms with van der Waals surface area (Å²) in [6, 6.07) is 9.70. The predicted molar refractivity (Wildman–Crippen MR) is 153 cm³/mol. The van der Waals surface area contributed by atoms with Gasteiger partial charge in [-0.15, -0.1) is 0 Å². The molecule has 3 unspecified atom stereocenters. The number of carbonyl (C=O) groups excluding carboxylic acids is 1. The van der Waals surface area contributed by atoms with Gasteiger partial charge in [0.05, 0.1) is 19.7 Å². The Morgan fingerprint density at radius 1 is 1.10 bits per heavy atom. The van der Waals surface area contributed by atoms with Gasteiger partial charge in [-0.05, 0) is 61.7 Å². The lowest BCUT2D eigenvalue weighted by Crippen LogP contribution is -2.46. The lowest BCUT2D eigenvalue weighted by Gasteiger charge is -2.37. The predicted octanol–water partition coefficient (Wildman–Crippen LogP) is 4.79. The Morgan fingerprint density at radius 3 is 2.73 bits per heavy atom. The summed E-state index contributed by atoms with van der Waals surface area (Å²) in [5, 5.41) is 6.77. The normalized spacial score (nSPS) is 21.9. The lowest BCUT2D eigenvalue weighted by atomic mass is 9.86. The molecular weight excluding hydrogens is 527 g/mol. The maximum absolute atomic E-state index is 15.0. The number of allylic oxidation sites excluding steroid dienone is 2. The fourth-order valence-corrected chi connectivity index (χ4v) is 5.58. The lowest BCUT2D eigenvalue weighted by molar-refractivity contribution is -0.117. The van der Waals surface area contributed by atoms with Crippen LogP contribution in [0.25, 0.3) is 10.9 Å². The van der Waals surface area contributed by atoms with E-state index in [1.54, 1.807) is 37.6 Å². The molecule has 0 spiro atoms. The zero-order chi connectivity index (χ0) is 28.5. The van der Waals surface area contributed by atoms with Crippen LogP contribution < -0.4 is 24.8 Å². The Balaban J connectivity index is 1.07. The van der Waals surface area contributed by atoms with E-state index in [0.717, 1.165) is 25.8 Å². The SMILES string of the molecule is COc1cc2nccc(Oc3ccc(NC(=O)C4OC4NCC4C5=C(C=CCC5)CCN4C)cc3F)c2cc1OC. The molecule has 6 rings (SSSR count). The van der Waals surface area contributed by atoms with Gasteiger partial charge in [0, 0.05) is 48.5 Å². The summed E-state index contributed by atoms with van der Waals surface area (Å²) in [5.41, 5.74) is 3.85. The van der Waals surface area contributed by atoms with Crippen molar-refractivity contribution >= 4 is 22.5 Å². The van der Waals surface area contributed by atoms with Gasteiger partial charge in [-0.1, -0.05) is 12.2 Å². The summed E-state index contributed by atoms with van der Waals surface area (Å²) in [7, 11) is 5.22. The molecule has 3 heterocycles. The van der Waals surface area contributed by atoms with Crippen LogP contribution >= 0.6 is 0 Å². The number of methoxy groups -OCH3 is 2. The first-order chi connectivity index (χ1) is 19.9. The molecule has 1 saturated heterocycles. The molecule has 2 N–H and O–H groups in total. The summed E-state index contributed by atoms with van der Waals surface area (Å²) < 4.78 is 37.3. The van der Waals surface area contributed by atoms with Crippen LogP contribution in [0.3, 0.4) is 0 Å². The van der Waals surface area contributed by atoms with Crippen molar-refractivity contribution in [3.8, 4) is 23.0 Å². The Bertz CT molecular complexity index is 1540. The van der Waals surface area contributed by atoms with Crippen LogP contribution in [0.4, 0.5) is 10.1 Å². The fraction of sp³-hybridized carbons (Fsp3) is 0.355. The number of pyridine rings is 1. The van der Waals surface area contributed by atoms with E-state index in [-0.39, 0.29) is 17.9 Å². The van der Waals surface area contributed by atoms with E-state index in [0.29, 0.717) is 46.4 Å². The maximum atomic E-state index is 15.0. The molecule has 3 aromatic rings. The first kappa shape index (κ1) is 27.2. The average Bonchev–Trinajstić information content (AvgIpc) is 3.77. The molecule has 0 saturated carbocycles. The van der Waals surface area contributed by atoms with Crippen molar-refractivity contribution in [2.75, 3.05) is 39.7 Å². The minimum Gasteiger partial charge on any atom is -0.493 e. The third kappa shape index (κ3) is 5.63. The first-order valence-electron chi connectivity index (χ1n) is 13.7. The van der Waals surface area contributed by atoms with Gasteiger partial charge in [0.2, 0.25) is 0 Å². The summed E-state index contributed by atoms with van der Waals surface area (Å²) in [6.07, 6.45) is 8.30. The molecule has 1 amide bonds. The number of fused-ring (bicyclic) bond motifs is 1. The molecule has 3 aliphatic rings. The summed E-state index contributed by atoms with van der Waals surface area (Å²) in [5.74, 6) is 0.505. The number of hydrogen-bond acceptors (Lipinski definition) is 8. The zero-order valence-corrected chi connectivity index (χ0v) is 23.3. The molecule has 10 heteroatoms. The second-order valence-electron chi connectivity index (χ2n) is 10.4. The number of benzene rings is 2. The number of halogens is 1. The smallest absolute Gasteiger partial charge is 0.257 e. The monoisotopic (exact) mass is 560 g/mol. The first-order valence-corrected chi connectivity index (χ1v) is 13.7. The molecule has 1 fully saturated rings. The van der Waals surface area contributed by atoms with Crippen LogP contribution in [0.1, 0.15) is 19.3 Å². The van der Waals surface area contributed by atoms with E-state index in [1.807, 2.05) is 0 Å². The fourth-order valence-electron chi connectivity index (χ4n) is 5.58.